The van der Waals surface area contributed by atoms with Crippen LogP contribution in [0.3, 0.4) is 0 Å². The van der Waals surface area contributed by atoms with Crippen molar-refractivity contribution < 1.29 is 14.0 Å². The van der Waals surface area contributed by atoms with Crippen molar-refractivity contribution in [3.63, 3.8) is 0 Å². The molecule has 1 fully saturated rings. The van der Waals surface area contributed by atoms with Crippen LogP contribution in [0.15, 0.2) is 54.6 Å². The van der Waals surface area contributed by atoms with Gasteiger partial charge in [-0.05, 0) is 29.8 Å². The second-order valence-electron chi connectivity index (χ2n) is 6.35. The van der Waals surface area contributed by atoms with Crippen LogP contribution in [0, 0.1) is 5.82 Å². The van der Waals surface area contributed by atoms with Gasteiger partial charge in [-0.15, -0.1) is 0 Å². The number of nitrogens with one attached hydrogen (secondary N) is 1. The number of hydrogen-bond acceptors (Lipinski definition) is 3. The normalized spacial score (nSPS) is 16.2. The number of nitrogens with zero attached hydrogens (tertiary/aromatic N) is 2. The fraction of sp³-hybridized carbons (Fsp3) is 0.300. The summed E-state index contributed by atoms with van der Waals surface area (Å²) in [6, 6.07) is 14.8. The van der Waals surface area contributed by atoms with Crippen LogP contribution in [0.5, 0.6) is 0 Å². The van der Waals surface area contributed by atoms with Gasteiger partial charge in [-0.1, -0.05) is 30.3 Å². The molecule has 0 aromatic heterocycles. The second kappa shape index (κ2) is 8.10. The largest absolute Gasteiger partial charge is 0.340 e. The van der Waals surface area contributed by atoms with Gasteiger partial charge in [0.15, 0.2) is 0 Å². The number of carbonyl (C=O) groups excluding carboxylic acids is 2. The Morgan fingerprint density at radius 1 is 0.962 bits per heavy atom. The van der Waals surface area contributed by atoms with E-state index >= 15 is 0 Å². The SMILES string of the molecule is CC(=O)N1CCN([C@H](C(=O)Nc2ccc(F)cc2)c2ccccc2)CC1. The summed E-state index contributed by atoms with van der Waals surface area (Å²) in [5.74, 6) is -0.460. The summed E-state index contributed by atoms with van der Waals surface area (Å²) < 4.78 is 13.1. The van der Waals surface area contributed by atoms with Crippen molar-refractivity contribution in [2.45, 2.75) is 13.0 Å². The number of piperazine rings is 1. The predicted molar refractivity (Wildman–Crippen MR) is 98.0 cm³/mol. The molecule has 0 aliphatic carbocycles. The molecular weight excluding hydrogens is 333 g/mol. The molecular formula is C20H22FN3O2. The van der Waals surface area contributed by atoms with Crippen LogP contribution in [0.1, 0.15) is 18.5 Å². The second-order valence-corrected chi connectivity index (χ2v) is 6.35. The van der Waals surface area contributed by atoms with Crippen molar-refractivity contribution in [3.05, 3.63) is 66.0 Å². The van der Waals surface area contributed by atoms with Crippen LogP contribution < -0.4 is 5.32 Å². The van der Waals surface area contributed by atoms with Gasteiger partial charge < -0.3 is 10.2 Å². The number of carbonyl (C=O) groups is 2. The maximum atomic E-state index is 13.1. The highest BCUT2D eigenvalue weighted by Crippen LogP contribution is 2.24. The van der Waals surface area contributed by atoms with Crippen LogP contribution >= 0.6 is 0 Å². The van der Waals surface area contributed by atoms with Gasteiger partial charge >= 0.3 is 0 Å². The third kappa shape index (κ3) is 4.26. The number of benzene rings is 2. The summed E-state index contributed by atoms with van der Waals surface area (Å²) in [7, 11) is 0. The Balaban J connectivity index is 1.79. The first-order chi connectivity index (χ1) is 12.5. The molecule has 0 spiro atoms. The topological polar surface area (TPSA) is 52.7 Å². The summed E-state index contributed by atoms with van der Waals surface area (Å²) >= 11 is 0. The number of rotatable bonds is 4. The lowest BCUT2D eigenvalue weighted by Crippen LogP contribution is -2.51. The van der Waals surface area contributed by atoms with E-state index in [-0.39, 0.29) is 17.6 Å². The Morgan fingerprint density at radius 3 is 2.15 bits per heavy atom. The van der Waals surface area contributed by atoms with E-state index in [0.717, 1.165) is 5.56 Å². The lowest BCUT2D eigenvalue weighted by atomic mass is 10.0. The maximum Gasteiger partial charge on any atom is 0.246 e. The van der Waals surface area contributed by atoms with Crippen molar-refractivity contribution >= 4 is 17.5 Å². The van der Waals surface area contributed by atoms with Gasteiger partial charge in [-0.3, -0.25) is 14.5 Å². The van der Waals surface area contributed by atoms with Crippen LogP contribution in [0.4, 0.5) is 10.1 Å². The van der Waals surface area contributed by atoms with Crippen molar-refractivity contribution in [2.75, 3.05) is 31.5 Å². The molecule has 1 aliphatic rings. The molecule has 1 saturated heterocycles. The first-order valence-corrected chi connectivity index (χ1v) is 8.65. The summed E-state index contributed by atoms with van der Waals surface area (Å²) in [5.41, 5.74) is 1.45. The van der Waals surface area contributed by atoms with E-state index in [1.165, 1.54) is 12.1 Å². The molecule has 1 atom stereocenters. The number of hydrogen-bond donors (Lipinski definition) is 1. The highest BCUT2D eigenvalue weighted by Gasteiger charge is 2.31. The average molecular weight is 355 g/mol. The molecule has 1 aliphatic heterocycles. The van der Waals surface area contributed by atoms with Crippen LogP contribution in [0.25, 0.3) is 0 Å². The predicted octanol–water partition coefficient (Wildman–Crippen LogP) is 2.67. The highest BCUT2D eigenvalue weighted by molar-refractivity contribution is 5.95. The van der Waals surface area contributed by atoms with Crippen molar-refractivity contribution in [3.8, 4) is 0 Å². The zero-order chi connectivity index (χ0) is 18.5. The number of anilines is 1. The summed E-state index contributed by atoms with van der Waals surface area (Å²) in [6.45, 7) is 4.00. The zero-order valence-electron chi connectivity index (χ0n) is 14.7. The van der Waals surface area contributed by atoms with Crippen molar-refractivity contribution in [1.29, 1.82) is 0 Å². The van der Waals surface area contributed by atoms with E-state index in [2.05, 4.69) is 10.2 Å². The highest BCUT2D eigenvalue weighted by atomic mass is 19.1. The quantitative estimate of drug-likeness (QED) is 0.917. The average Bonchev–Trinajstić information content (AvgIpc) is 2.65. The molecule has 0 bridgehead atoms. The van der Waals surface area contributed by atoms with E-state index in [4.69, 9.17) is 0 Å². The monoisotopic (exact) mass is 355 g/mol. The summed E-state index contributed by atoms with van der Waals surface area (Å²) in [4.78, 5) is 28.4. The Kier molecular flexibility index (Phi) is 5.63. The van der Waals surface area contributed by atoms with Gasteiger partial charge in [-0.25, -0.2) is 4.39 Å². The molecule has 6 heteroatoms. The molecule has 3 rings (SSSR count). The summed E-state index contributed by atoms with van der Waals surface area (Å²) in [6.07, 6.45) is 0. The first-order valence-electron chi connectivity index (χ1n) is 8.65. The Morgan fingerprint density at radius 2 is 1.58 bits per heavy atom. The Bertz CT molecular complexity index is 756. The number of amides is 2. The maximum absolute atomic E-state index is 13.1. The van der Waals surface area contributed by atoms with Gasteiger partial charge in [0.2, 0.25) is 11.8 Å². The minimum atomic E-state index is -0.463. The molecule has 1 heterocycles. The van der Waals surface area contributed by atoms with Crippen molar-refractivity contribution in [1.82, 2.24) is 9.80 Å². The Labute approximate surface area is 152 Å². The first kappa shape index (κ1) is 18.1. The summed E-state index contributed by atoms with van der Waals surface area (Å²) in [5, 5.41) is 2.87. The van der Waals surface area contributed by atoms with E-state index < -0.39 is 6.04 Å². The molecule has 136 valence electrons. The van der Waals surface area contributed by atoms with Crippen molar-refractivity contribution in [2.24, 2.45) is 0 Å². The molecule has 0 saturated carbocycles. The van der Waals surface area contributed by atoms with Gasteiger partial charge in [0, 0.05) is 38.8 Å². The molecule has 26 heavy (non-hydrogen) atoms. The van der Waals surface area contributed by atoms with Crippen LogP contribution in [0.2, 0.25) is 0 Å². The lowest BCUT2D eigenvalue weighted by molar-refractivity contribution is -0.131. The standard InChI is InChI=1S/C20H22FN3O2/c1-15(25)23-11-13-24(14-12-23)19(16-5-3-2-4-6-16)20(26)22-18-9-7-17(21)8-10-18/h2-10,19H,11-14H2,1H3,(H,22,26)/t19-/m0/s1. The fourth-order valence-electron chi connectivity index (χ4n) is 3.20. The van der Waals surface area contributed by atoms with Gasteiger partial charge in [-0.2, -0.15) is 0 Å². The molecule has 2 aromatic carbocycles. The van der Waals surface area contributed by atoms with E-state index in [0.29, 0.717) is 31.9 Å². The van der Waals surface area contributed by atoms with E-state index in [1.54, 1.807) is 24.0 Å². The smallest absolute Gasteiger partial charge is 0.246 e. The minimum absolute atomic E-state index is 0.0525. The van der Waals surface area contributed by atoms with Gasteiger partial charge in [0.1, 0.15) is 11.9 Å². The molecule has 0 radical (unpaired) electrons. The third-order valence-corrected chi connectivity index (χ3v) is 4.60. The molecule has 2 aromatic rings. The van der Waals surface area contributed by atoms with Gasteiger partial charge in [0.05, 0.1) is 0 Å². The molecule has 2 amide bonds. The zero-order valence-corrected chi connectivity index (χ0v) is 14.7. The van der Waals surface area contributed by atoms with Gasteiger partial charge in [0.25, 0.3) is 0 Å². The number of halogens is 1. The molecule has 5 nitrogen and oxygen atoms in total. The molecule has 1 N–H and O–H groups in total. The third-order valence-electron chi connectivity index (χ3n) is 4.60. The Hall–Kier alpha value is -2.73. The minimum Gasteiger partial charge on any atom is -0.340 e. The fourth-order valence-corrected chi connectivity index (χ4v) is 3.20. The van der Waals surface area contributed by atoms with E-state index in [9.17, 15) is 14.0 Å². The van der Waals surface area contributed by atoms with E-state index in [1.807, 2.05) is 30.3 Å². The molecule has 0 unspecified atom stereocenters. The van der Waals surface area contributed by atoms with Crippen LogP contribution in [-0.4, -0.2) is 47.8 Å². The van der Waals surface area contributed by atoms with Crippen LogP contribution in [-0.2, 0) is 9.59 Å². The lowest BCUT2D eigenvalue weighted by Gasteiger charge is -2.38.